The summed E-state index contributed by atoms with van der Waals surface area (Å²) in [6.45, 7) is 0.706. The van der Waals surface area contributed by atoms with Crippen LogP contribution in [0.3, 0.4) is 0 Å². The fraction of sp³-hybridized carbons (Fsp3) is 0.333. The van der Waals surface area contributed by atoms with Gasteiger partial charge in [-0.25, -0.2) is 0 Å². The van der Waals surface area contributed by atoms with Crippen LogP contribution in [0.4, 0.5) is 0 Å². The minimum Gasteiger partial charge on any atom is -0.329 e. The molecule has 0 spiro atoms. The van der Waals surface area contributed by atoms with E-state index in [0.717, 1.165) is 17.9 Å². The zero-order valence-corrected chi connectivity index (χ0v) is 10.0. The van der Waals surface area contributed by atoms with E-state index in [2.05, 4.69) is 18.2 Å². The highest BCUT2D eigenvalue weighted by atomic mass is 35.5. The summed E-state index contributed by atoms with van der Waals surface area (Å²) in [5.41, 5.74) is 5.86. The zero-order valence-electron chi connectivity index (χ0n) is 8.45. The second kappa shape index (κ2) is 4.60. The Morgan fingerprint density at radius 1 is 1.33 bits per heavy atom. The van der Waals surface area contributed by atoms with E-state index in [9.17, 15) is 0 Å². The molecule has 0 unspecified atom stereocenters. The highest BCUT2D eigenvalue weighted by molar-refractivity contribution is 8.00. The fourth-order valence-electron chi connectivity index (χ4n) is 1.75. The Balaban J connectivity index is 2.13. The third kappa shape index (κ3) is 2.57. The van der Waals surface area contributed by atoms with Crippen LogP contribution in [0.5, 0.6) is 0 Å². The predicted octanol–water partition coefficient (Wildman–Crippen LogP) is 3.48. The molecule has 0 radical (unpaired) electrons. The van der Waals surface area contributed by atoms with Gasteiger partial charge in [0.2, 0.25) is 0 Å². The average Bonchev–Trinajstić information content (AvgIpc) is 2.67. The third-order valence-corrected chi connectivity index (χ3v) is 4.31. The van der Waals surface area contributed by atoms with Crippen LogP contribution in [0.25, 0.3) is 0 Å². The summed E-state index contributed by atoms with van der Waals surface area (Å²) in [5.74, 6) is 0. The molecule has 80 valence electrons. The van der Waals surface area contributed by atoms with Crippen molar-refractivity contribution in [3.05, 3.63) is 41.4 Å². The van der Waals surface area contributed by atoms with Gasteiger partial charge < -0.3 is 5.73 Å². The molecule has 0 saturated carbocycles. The first-order valence-corrected chi connectivity index (χ1v) is 6.23. The normalized spacial score (nSPS) is 18.3. The van der Waals surface area contributed by atoms with Crippen LogP contribution in [0.15, 0.2) is 41.3 Å². The van der Waals surface area contributed by atoms with Crippen molar-refractivity contribution in [3.8, 4) is 0 Å². The summed E-state index contributed by atoms with van der Waals surface area (Å²) >= 11 is 7.80. The lowest BCUT2D eigenvalue weighted by atomic mass is 10.1. The van der Waals surface area contributed by atoms with Crippen LogP contribution in [0.1, 0.15) is 12.8 Å². The van der Waals surface area contributed by atoms with Gasteiger partial charge in [-0.2, -0.15) is 0 Å². The molecular formula is C12H14ClNS. The largest absolute Gasteiger partial charge is 0.329 e. The van der Waals surface area contributed by atoms with E-state index in [1.807, 2.05) is 30.0 Å². The lowest BCUT2D eigenvalue weighted by molar-refractivity contribution is 0.641. The SMILES string of the molecule is NCC1(Sc2cccc(Cl)c2)CC=CC1. The molecule has 3 heteroatoms. The molecule has 0 aliphatic heterocycles. The van der Waals surface area contributed by atoms with Gasteiger partial charge in [0.25, 0.3) is 0 Å². The van der Waals surface area contributed by atoms with E-state index in [1.165, 1.54) is 4.90 Å². The van der Waals surface area contributed by atoms with Crippen molar-refractivity contribution in [3.63, 3.8) is 0 Å². The zero-order chi connectivity index (χ0) is 10.7. The minimum absolute atomic E-state index is 0.157. The van der Waals surface area contributed by atoms with Crippen molar-refractivity contribution in [1.29, 1.82) is 0 Å². The van der Waals surface area contributed by atoms with Crippen LogP contribution in [-0.4, -0.2) is 11.3 Å². The van der Waals surface area contributed by atoms with Gasteiger partial charge in [0.1, 0.15) is 0 Å². The summed E-state index contributed by atoms with van der Waals surface area (Å²) in [7, 11) is 0. The molecule has 0 saturated heterocycles. The molecule has 2 rings (SSSR count). The number of hydrogen-bond acceptors (Lipinski definition) is 2. The van der Waals surface area contributed by atoms with E-state index in [-0.39, 0.29) is 4.75 Å². The van der Waals surface area contributed by atoms with Crippen LogP contribution in [0.2, 0.25) is 5.02 Å². The molecule has 1 aromatic carbocycles. The molecule has 15 heavy (non-hydrogen) atoms. The summed E-state index contributed by atoms with van der Waals surface area (Å²) in [6.07, 6.45) is 6.54. The number of hydrogen-bond donors (Lipinski definition) is 1. The highest BCUT2D eigenvalue weighted by Crippen LogP contribution is 2.41. The van der Waals surface area contributed by atoms with Crippen molar-refractivity contribution >= 4 is 23.4 Å². The molecular weight excluding hydrogens is 226 g/mol. The van der Waals surface area contributed by atoms with Crippen LogP contribution < -0.4 is 5.73 Å². The van der Waals surface area contributed by atoms with Gasteiger partial charge >= 0.3 is 0 Å². The molecule has 2 N–H and O–H groups in total. The number of thioether (sulfide) groups is 1. The second-order valence-electron chi connectivity index (χ2n) is 3.83. The first kappa shape index (κ1) is 11.1. The van der Waals surface area contributed by atoms with Gasteiger partial charge in [-0.1, -0.05) is 29.8 Å². The van der Waals surface area contributed by atoms with E-state index >= 15 is 0 Å². The van der Waals surface area contributed by atoms with Gasteiger partial charge in [0.15, 0.2) is 0 Å². The Bertz CT molecular complexity index is 368. The monoisotopic (exact) mass is 239 g/mol. The first-order valence-electron chi connectivity index (χ1n) is 5.04. The number of allylic oxidation sites excluding steroid dienone is 2. The maximum Gasteiger partial charge on any atom is 0.0417 e. The van der Waals surface area contributed by atoms with Crippen molar-refractivity contribution in [2.24, 2.45) is 5.73 Å². The van der Waals surface area contributed by atoms with Gasteiger partial charge in [-0.15, -0.1) is 11.8 Å². The van der Waals surface area contributed by atoms with Gasteiger partial charge in [-0.3, -0.25) is 0 Å². The maximum atomic E-state index is 5.96. The van der Waals surface area contributed by atoms with Crippen molar-refractivity contribution in [1.82, 2.24) is 0 Å². The summed E-state index contributed by atoms with van der Waals surface area (Å²) in [6, 6.07) is 7.97. The van der Waals surface area contributed by atoms with Gasteiger partial charge in [0.05, 0.1) is 0 Å². The van der Waals surface area contributed by atoms with Crippen LogP contribution in [0, 0.1) is 0 Å². The molecule has 0 amide bonds. The summed E-state index contributed by atoms with van der Waals surface area (Å²) in [5, 5.41) is 0.790. The van der Waals surface area contributed by atoms with E-state index in [4.69, 9.17) is 17.3 Å². The number of nitrogens with two attached hydrogens (primary N) is 1. The van der Waals surface area contributed by atoms with Gasteiger partial charge in [0, 0.05) is 21.2 Å². The second-order valence-corrected chi connectivity index (χ2v) is 5.80. The van der Waals surface area contributed by atoms with Crippen molar-refractivity contribution in [2.45, 2.75) is 22.5 Å². The molecule has 0 atom stereocenters. The van der Waals surface area contributed by atoms with E-state index in [1.54, 1.807) is 0 Å². The highest BCUT2D eigenvalue weighted by Gasteiger charge is 2.30. The lowest BCUT2D eigenvalue weighted by Gasteiger charge is -2.26. The first-order chi connectivity index (χ1) is 7.24. The topological polar surface area (TPSA) is 26.0 Å². The average molecular weight is 240 g/mol. The molecule has 0 heterocycles. The Morgan fingerprint density at radius 3 is 2.67 bits per heavy atom. The van der Waals surface area contributed by atoms with Crippen LogP contribution in [-0.2, 0) is 0 Å². The van der Waals surface area contributed by atoms with E-state index in [0.29, 0.717) is 6.54 Å². The van der Waals surface area contributed by atoms with Gasteiger partial charge in [-0.05, 0) is 31.0 Å². The molecule has 1 aliphatic rings. The number of rotatable bonds is 3. The Labute approximate surface area is 99.7 Å². The molecule has 0 fully saturated rings. The quantitative estimate of drug-likeness (QED) is 0.818. The molecule has 1 aliphatic carbocycles. The lowest BCUT2D eigenvalue weighted by Crippen LogP contribution is -2.31. The Kier molecular flexibility index (Phi) is 3.39. The summed E-state index contributed by atoms with van der Waals surface area (Å²) < 4.78 is 0.157. The van der Waals surface area contributed by atoms with Crippen molar-refractivity contribution in [2.75, 3.05) is 6.54 Å². The summed E-state index contributed by atoms with van der Waals surface area (Å²) in [4.78, 5) is 1.21. The molecule has 1 nitrogen and oxygen atoms in total. The molecule has 1 aromatic rings. The third-order valence-electron chi connectivity index (χ3n) is 2.65. The fourth-order valence-corrected chi connectivity index (χ4v) is 3.28. The number of benzene rings is 1. The minimum atomic E-state index is 0.157. The Hall–Kier alpha value is -0.440. The smallest absolute Gasteiger partial charge is 0.0417 e. The molecule has 0 bridgehead atoms. The van der Waals surface area contributed by atoms with Crippen molar-refractivity contribution < 1.29 is 0 Å². The standard InChI is InChI=1S/C12H14ClNS/c13-10-4-3-5-11(8-10)15-12(9-14)6-1-2-7-12/h1-5,8H,6-7,9,14H2. The Morgan fingerprint density at radius 2 is 2.07 bits per heavy atom. The van der Waals surface area contributed by atoms with E-state index < -0.39 is 0 Å². The predicted molar refractivity (Wildman–Crippen MR) is 67.5 cm³/mol. The van der Waals surface area contributed by atoms with Crippen LogP contribution >= 0.6 is 23.4 Å². The number of halogens is 1. The maximum absolute atomic E-state index is 5.96. The molecule has 0 aromatic heterocycles.